The molecule has 0 saturated carbocycles. The van der Waals surface area contributed by atoms with Gasteiger partial charge in [0, 0.05) is 34.1 Å². The van der Waals surface area contributed by atoms with Gasteiger partial charge in [-0.05, 0) is 0 Å². The predicted molar refractivity (Wildman–Crippen MR) is 395 cm³/mol. The fraction of sp³-hybridized carbons (Fsp3) is 0.930. The summed E-state index contributed by atoms with van der Waals surface area (Å²) >= 11 is 0. The second kappa shape index (κ2) is 46.1. The van der Waals surface area contributed by atoms with Crippen LogP contribution in [0.4, 0.5) is 0 Å². The Bertz CT molecular complexity index is 3550. The lowest BCUT2D eigenvalue weighted by molar-refractivity contribution is -0.399. The van der Waals surface area contributed by atoms with Crippen molar-refractivity contribution in [3.63, 3.8) is 0 Å². The Kier molecular flexibility index (Phi) is 38.0. The van der Waals surface area contributed by atoms with E-state index in [1.165, 1.54) is 0 Å². The topological polar surface area (TPSA) is 922 Å². The number of aliphatic hydroxyl groups excluding tert-OH is 28. The molecule has 4 amide bonds. The summed E-state index contributed by atoms with van der Waals surface area (Å²) in [5.74, 6) is -8.84. The van der Waals surface area contributed by atoms with E-state index in [9.17, 15) is 172 Å². The van der Waals surface area contributed by atoms with Crippen molar-refractivity contribution in [1.82, 2.24) is 21.3 Å². The molecule has 746 valence electrons. The van der Waals surface area contributed by atoms with Crippen LogP contribution in [0.3, 0.4) is 0 Å². The van der Waals surface area contributed by atoms with Gasteiger partial charge >= 0.3 is 5.97 Å². The van der Waals surface area contributed by atoms with Crippen LogP contribution >= 0.6 is 0 Å². The van der Waals surface area contributed by atoms with E-state index in [4.69, 9.17) is 95.7 Å². The van der Waals surface area contributed by atoms with Crippen molar-refractivity contribution in [2.45, 2.75) is 346 Å². The van der Waals surface area contributed by atoms with Gasteiger partial charge < -0.3 is 265 Å². The first-order chi connectivity index (χ1) is 60.9. The van der Waals surface area contributed by atoms with E-state index in [0.717, 1.165) is 27.7 Å². The molecule has 58 nitrogen and oxygen atoms in total. The number of carboxylic acids is 1. The van der Waals surface area contributed by atoms with Crippen LogP contribution in [0.15, 0.2) is 0 Å². The number of nitrogens with one attached hydrogen (secondary N) is 4. The minimum atomic E-state index is -3.03. The first kappa shape index (κ1) is 106. The van der Waals surface area contributed by atoms with Crippen molar-refractivity contribution in [3.05, 3.63) is 0 Å². The molecule has 129 heavy (non-hydrogen) atoms. The molecule has 10 saturated heterocycles. The molecule has 0 aromatic heterocycles. The van der Waals surface area contributed by atoms with Gasteiger partial charge in [0.15, 0.2) is 56.6 Å². The number of amides is 4. The molecule has 0 aromatic rings. The molecule has 0 radical (unpaired) electrons. The van der Waals surface area contributed by atoms with Crippen LogP contribution in [0.5, 0.6) is 0 Å². The third-order valence-electron chi connectivity index (χ3n) is 23.5. The Morgan fingerprint density at radius 3 is 1.05 bits per heavy atom. The maximum Gasteiger partial charge on any atom is 0.364 e. The number of hydrogen-bond donors (Lipinski definition) is 34. The third kappa shape index (κ3) is 23.5. The number of carboxylic acid groups (broad SMARTS) is 1. The first-order valence-electron chi connectivity index (χ1n) is 40.9. The number of carbonyl (C=O) groups excluding carboxylic acids is 4. The number of hydrogen-bond acceptors (Lipinski definition) is 53. The second-order valence-electron chi connectivity index (χ2n) is 32.5. The minimum Gasteiger partial charge on any atom is -0.477 e. The molecule has 1 unspecified atom stereocenters. The molecule has 0 aromatic carbocycles. The number of carbonyl (C=O) groups is 5. The summed E-state index contributed by atoms with van der Waals surface area (Å²) < 4.78 is 112. The van der Waals surface area contributed by atoms with Crippen LogP contribution in [0.2, 0.25) is 0 Å². The molecule has 58 heteroatoms. The lowest BCUT2D eigenvalue weighted by Crippen LogP contribution is -2.71. The number of ether oxygens (including phenoxy) is 19. The number of rotatable bonds is 35. The monoisotopic (exact) mass is 1890 g/mol. The Morgan fingerprint density at radius 2 is 0.651 bits per heavy atom. The average Bonchev–Trinajstić information content (AvgIpc) is 0.774. The molecule has 10 fully saturated rings. The SMILES string of the molecule is CC(=O)N[C@H]1[C@H](O[C@H]2[C@H](O)[C@@H](NC(C)=O)C(O)O[C@@H]2CO)O[C@H](CO)[C@@H](O[C@@H]2O[C@H](CO[C@H]3O[C@H](CO)[C@@H](O)[C@H](O)[C@@H]3O[C@@H]3O[C@H](CO)[C@@H](O[C@@H]4O[C@H](CO)[C@H](O)[C@H](O)[C@H]4O)[C@H](O)[C@H]3NC(C)=O)[C@@H](O)[C@H](O[C@H]3O[C@H](CO)[C@@H](O)[C@H](O)[C@@H]3O[C@@H]3O[C@H](CO)[C@@H](O[C@@H]4O[C@H](CO[C@]5(C(=O)O)C[C@H](O)[C@@H](N)[C@H]([C@H](O)[C@H](O)CO)O5)[C@H](O)[C@H](O)[C@H]4O)[C@H](O)[C@H]3NC(C)=O)[C@@H]2O)[C@@H]1O. The molecule has 0 spiro atoms. The van der Waals surface area contributed by atoms with Gasteiger partial charge in [0.1, 0.15) is 238 Å². The summed E-state index contributed by atoms with van der Waals surface area (Å²) in [5.41, 5.74) is 5.96. The minimum absolute atomic E-state index is 0.812. The third-order valence-corrected chi connectivity index (χ3v) is 23.5. The van der Waals surface area contributed by atoms with Crippen LogP contribution in [0.25, 0.3) is 0 Å². The van der Waals surface area contributed by atoms with E-state index in [1.54, 1.807) is 0 Å². The van der Waals surface area contributed by atoms with E-state index < -0.39 is 414 Å². The van der Waals surface area contributed by atoms with Gasteiger partial charge in [-0.2, -0.15) is 0 Å². The molecule has 10 rings (SSSR count). The summed E-state index contributed by atoms with van der Waals surface area (Å²) in [6, 6.07) is -9.34. The summed E-state index contributed by atoms with van der Waals surface area (Å²) in [4.78, 5) is 64.3. The van der Waals surface area contributed by atoms with Crippen molar-refractivity contribution < 1.29 is 262 Å². The number of aliphatic hydroxyl groups is 28. The fourth-order valence-electron chi connectivity index (χ4n) is 16.5. The standard InChI is InChI=1S/C71H119N5O53/c1-16(85)73-32-42(97)53(25(10-81)113-61(32)108)122-62-33(74-17(2)86)43(98)56(28(13-84)117-62)125-67-52(107)58(41(96)29(120-67)14-111-68-59(48(103)38(93)23(8-79)115-68)127-63-34(75-18(3)87)44(99)54(26(11-82)118-63)123-65-50(105)46(101)37(92)22(7-78)114-65)126-69-60(49(104)39(94)24(9-80)116-69)128-64-35(76-19(4)88)45(100)55(27(12-83)119-64)124-66-51(106)47(102)40(95)30(121-66)15-112-71(70(109)110)5-20(89)31(72)57(129-71)36(91)21(90)6-77/h20-69,77-84,89-108H,5-15,72H2,1-4H3,(H,73,85)(H,74,86)(H,75,87)(H,76,88)(H,109,110)/t20-,21+,22+,23+,24+,25+,26+,27+,28+,29+,30+,31+,32+,33+,34+,35+,36+,37-,38+,39+,40-,41+,42+,43+,44+,45+,46-,47-,48-,49-,50+,51+,52-,53+,54+,55+,56+,57+,58-,59-,60-,61?,62-,63-,64-,65-,66-,67-,68-,69+,71+/m0/s1. The van der Waals surface area contributed by atoms with Gasteiger partial charge in [0.2, 0.25) is 23.6 Å². The zero-order valence-electron chi connectivity index (χ0n) is 69.0. The van der Waals surface area contributed by atoms with Crippen LogP contribution < -0.4 is 27.0 Å². The normalized spacial score (nSPS) is 48.1. The predicted octanol–water partition coefficient (Wildman–Crippen LogP) is -23.1. The van der Waals surface area contributed by atoms with Crippen molar-refractivity contribution in [1.29, 1.82) is 0 Å². The Hall–Kier alpha value is -4.57. The average molecular weight is 1890 g/mol. The largest absolute Gasteiger partial charge is 0.477 e. The molecule has 10 aliphatic rings. The van der Waals surface area contributed by atoms with E-state index in [1.807, 2.05) is 0 Å². The summed E-state index contributed by atoms with van der Waals surface area (Å²) in [7, 11) is 0. The highest BCUT2D eigenvalue weighted by molar-refractivity contribution is 5.76. The Balaban J connectivity index is 0.961. The maximum atomic E-state index is 13.2. The zero-order valence-corrected chi connectivity index (χ0v) is 69.0. The van der Waals surface area contributed by atoms with Gasteiger partial charge in [0.25, 0.3) is 5.79 Å². The zero-order chi connectivity index (χ0) is 95.3. The summed E-state index contributed by atoms with van der Waals surface area (Å²) in [6.07, 6.45) is -98.4. The van der Waals surface area contributed by atoms with Crippen molar-refractivity contribution >= 4 is 29.6 Å². The van der Waals surface area contributed by atoms with Crippen molar-refractivity contribution in [2.75, 3.05) is 66.1 Å². The van der Waals surface area contributed by atoms with Gasteiger partial charge in [0.05, 0.1) is 78.2 Å². The smallest absolute Gasteiger partial charge is 0.364 e. The molecule has 35 N–H and O–H groups in total. The molecule has 0 bridgehead atoms. The summed E-state index contributed by atoms with van der Waals surface area (Å²) in [5, 5.41) is 332. The fourth-order valence-corrected chi connectivity index (χ4v) is 16.5. The molecule has 0 aliphatic carbocycles. The van der Waals surface area contributed by atoms with E-state index in [2.05, 4.69) is 21.3 Å². The van der Waals surface area contributed by atoms with Gasteiger partial charge in [-0.15, -0.1) is 0 Å². The Morgan fingerprint density at radius 1 is 0.341 bits per heavy atom. The van der Waals surface area contributed by atoms with Crippen LogP contribution in [-0.2, 0) is 114 Å². The van der Waals surface area contributed by atoms with Crippen LogP contribution in [0, 0.1) is 0 Å². The highest BCUT2D eigenvalue weighted by atomic mass is 16.8. The van der Waals surface area contributed by atoms with Crippen molar-refractivity contribution in [2.24, 2.45) is 5.73 Å². The highest BCUT2D eigenvalue weighted by Crippen LogP contribution is 2.42. The quantitative estimate of drug-likeness (QED) is 0.0280. The Labute approximate surface area is 729 Å². The van der Waals surface area contributed by atoms with E-state index in [0.29, 0.717) is 0 Å². The van der Waals surface area contributed by atoms with Gasteiger partial charge in [-0.1, -0.05) is 0 Å². The van der Waals surface area contributed by atoms with E-state index in [-0.39, 0.29) is 0 Å². The number of aliphatic carboxylic acids is 1. The molecular weight excluding hydrogens is 1770 g/mol. The highest BCUT2D eigenvalue weighted by Gasteiger charge is 2.63. The van der Waals surface area contributed by atoms with Crippen LogP contribution in [0.1, 0.15) is 34.1 Å². The van der Waals surface area contributed by atoms with Crippen LogP contribution in [-0.4, -0.2) is 556 Å². The van der Waals surface area contributed by atoms with Crippen molar-refractivity contribution in [3.8, 4) is 0 Å². The number of nitrogens with two attached hydrogens (primary N) is 1. The maximum absolute atomic E-state index is 13.2. The lowest BCUT2D eigenvalue weighted by atomic mass is 9.89. The van der Waals surface area contributed by atoms with Gasteiger partial charge in [-0.3, -0.25) is 19.2 Å². The molecule has 10 aliphatic heterocycles. The lowest BCUT2D eigenvalue weighted by Gasteiger charge is -2.51. The second-order valence-corrected chi connectivity index (χ2v) is 32.5. The molecule has 51 atom stereocenters. The van der Waals surface area contributed by atoms with E-state index >= 15 is 0 Å². The van der Waals surface area contributed by atoms with Gasteiger partial charge in [-0.25, -0.2) is 4.79 Å². The first-order valence-corrected chi connectivity index (χ1v) is 40.9. The molecule has 10 heterocycles. The molecular formula is C71H119N5O53. The summed E-state index contributed by atoms with van der Waals surface area (Å²) in [6.45, 7) is -7.93.